The van der Waals surface area contributed by atoms with Gasteiger partial charge in [0.25, 0.3) is 0 Å². The minimum absolute atomic E-state index is 0. The summed E-state index contributed by atoms with van der Waals surface area (Å²) >= 11 is 0. The van der Waals surface area contributed by atoms with Crippen LogP contribution in [-0.2, 0) is 35.7 Å². The van der Waals surface area contributed by atoms with Gasteiger partial charge in [-0.25, -0.2) is 0 Å². The number of fused-ring (bicyclic) bond motifs is 1. The van der Waals surface area contributed by atoms with Crippen LogP contribution in [0.25, 0.3) is 5.32 Å². The standard InChI is InChI=1S/C25H37NO2Si.2C5H5.Zr/c1-19(16-29(4,5)6)25(26-22-10-8-7-9-11-22)14-20-12-24(13-21(20)15-25)17-27-23(2,3)28-18-24;2*1-2-4-5-3-1;/h7-11,20-21H,12-15,17-18H2,1-6H3;2*1-5H;/q-2;;;+2/t20-,21-;;;/m0.../s1. The largest absolute Gasteiger partial charge is 2.00 e. The molecule has 3 nitrogen and oxygen atoms in total. The van der Waals surface area contributed by atoms with Gasteiger partial charge in [0.15, 0.2) is 5.79 Å². The number of hydrogen-bond donors (Lipinski definition) is 0. The van der Waals surface area contributed by atoms with E-state index in [0.29, 0.717) is 11.8 Å². The molecule has 0 unspecified atom stereocenters. The SMILES string of the molecule is CC(=[C-][Si](C)(C)C)C1([N-]c2ccccc2)C[C@@H]2CC3(COC(C)(C)OC3)C[C@H]2C1.[CH]1[CH][CH][CH][CH]1.[CH]1[CH][CH][CH][CH]1.[Zr+2]. The van der Waals surface area contributed by atoms with Crippen molar-refractivity contribution < 1.29 is 35.7 Å². The van der Waals surface area contributed by atoms with Crippen molar-refractivity contribution in [1.29, 1.82) is 0 Å². The molecule has 0 N–H and O–H groups in total. The maximum atomic E-state index is 6.07. The Hall–Kier alpha value is -0.220. The maximum Gasteiger partial charge on any atom is 2.00 e. The van der Waals surface area contributed by atoms with Gasteiger partial charge in [0.1, 0.15) is 0 Å². The second kappa shape index (κ2) is 15.0. The molecular weight excluding hydrogens is 586 g/mol. The molecule has 5 fully saturated rings. The molecule has 1 aromatic carbocycles. The van der Waals surface area contributed by atoms with Crippen LogP contribution in [0.5, 0.6) is 0 Å². The molecule has 1 saturated heterocycles. The predicted molar refractivity (Wildman–Crippen MR) is 165 cm³/mol. The Morgan fingerprint density at radius 3 is 1.57 bits per heavy atom. The van der Waals surface area contributed by atoms with Gasteiger partial charge < -0.3 is 20.5 Å². The Morgan fingerprint density at radius 2 is 1.18 bits per heavy atom. The van der Waals surface area contributed by atoms with Gasteiger partial charge in [-0.2, -0.15) is 0 Å². The van der Waals surface area contributed by atoms with Gasteiger partial charge in [-0.15, -0.1) is 19.3 Å². The van der Waals surface area contributed by atoms with Crippen LogP contribution in [0, 0.1) is 87.2 Å². The number of hydrogen-bond acceptors (Lipinski definition) is 2. The van der Waals surface area contributed by atoms with Gasteiger partial charge >= 0.3 is 26.2 Å². The minimum Gasteiger partial charge on any atom is -0.678 e. The van der Waals surface area contributed by atoms with Gasteiger partial charge in [0.05, 0.1) is 13.2 Å². The van der Waals surface area contributed by atoms with Crippen LogP contribution in [0.3, 0.4) is 0 Å². The molecule has 1 aliphatic heterocycles. The first-order valence-electron chi connectivity index (χ1n) is 14.5. The molecule has 6 rings (SSSR count). The summed E-state index contributed by atoms with van der Waals surface area (Å²) in [6, 6.07) is 10.5. The van der Waals surface area contributed by atoms with E-state index in [1.54, 1.807) is 0 Å². The van der Waals surface area contributed by atoms with Crippen molar-refractivity contribution in [1.82, 2.24) is 0 Å². The van der Waals surface area contributed by atoms with Crippen LogP contribution in [0.2, 0.25) is 19.6 Å². The van der Waals surface area contributed by atoms with Gasteiger partial charge in [0.2, 0.25) is 0 Å². The minimum atomic E-state index is -1.43. The molecule has 4 saturated carbocycles. The summed E-state index contributed by atoms with van der Waals surface area (Å²) in [5.74, 6) is 0.976. The Kier molecular flexibility index (Phi) is 12.8. The number of ether oxygens (including phenoxy) is 2. The molecule has 5 heteroatoms. The van der Waals surface area contributed by atoms with Crippen LogP contribution in [0.1, 0.15) is 46.5 Å². The van der Waals surface area contributed by atoms with E-state index in [4.69, 9.17) is 14.8 Å². The third-order valence-corrected chi connectivity index (χ3v) is 9.30. The number of nitrogens with zero attached hydrogens (tertiary/aromatic N) is 1. The predicted octanol–water partition coefficient (Wildman–Crippen LogP) is 8.69. The van der Waals surface area contributed by atoms with Crippen molar-refractivity contribution in [3.8, 4) is 0 Å². The maximum absolute atomic E-state index is 6.07. The molecule has 1 spiro atoms. The summed E-state index contributed by atoms with van der Waals surface area (Å²) in [5.41, 5.74) is 6.51. The van der Waals surface area contributed by atoms with Crippen LogP contribution in [-0.4, -0.2) is 32.6 Å². The van der Waals surface area contributed by atoms with E-state index < -0.39 is 13.9 Å². The molecule has 5 aliphatic rings. The van der Waals surface area contributed by atoms with E-state index in [-0.39, 0.29) is 37.2 Å². The first kappa shape index (κ1) is 34.3. The molecule has 1 aromatic rings. The van der Waals surface area contributed by atoms with E-state index >= 15 is 0 Å². The van der Waals surface area contributed by atoms with E-state index in [0.717, 1.165) is 31.7 Å². The topological polar surface area (TPSA) is 32.6 Å². The Balaban J connectivity index is 0.000000335. The van der Waals surface area contributed by atoms with Crippen molar-refractivity contribution in [2.45, 2.75) is 77.4 Å². The fourth-order valence-corrected chi connectivity index (χ4v) is 7.84. The molecule has 0 bridgehead atoms. The first-order chi connectivity index (χ1) is 18.5. The fraction of sp³-hybridized carbons (Fsp3) is 0.486. The third-order valence-electron chi connectivity index (χ3n) is 8.18. The van der Waals surface area contributed by atoms with Crippen molar-refractivity contribution in [2.75, 3.05) is 13.2 Å². The Morgan fingerprint density at radius 1 is 0.750 bits per heavy atom. The van der Waals surface area contributed by atoms with Crippen molar-refractivity contribution in [2.24, 2.45) is 17.3 Å². The molecule has 212 valence electrons. The summed E-state index contributed by atoms with van der Waals surface area (Å²) in [4.78, 5) is 0. The Bertz CT molecular complexity index is 866. The number of para-hydroxylation sites is 1. The summed E-state index contributed by atoms with van der Waals surface area (Å²) in [5, 5.41) is 5.37. The molecule has 0 aromatic heterocycles. The fourth-order valence-electron chi connectivity index (χ4n) is 6.48. The molecule has 40 heavy (non-hydrogen) atoms. The smallest absolute Gasteiger partial charge is 0.678 e. The summed E-state index contributed by atoms with van der Waals surface area (Å²) in [6.45, 7) is 15.1. The number of rotatable bonds is 4. The van der Waals surface area contributed by atoms with Crippen LogP contribution < -0.4 is 0 Å². The second-order valence-electron chi connectivity index (χ2n) is 13.2. The van der Waals surface area contributed by atoms with Gasteiger partial charge in [-0.1, -0.05) is 69.7 Å². The van der Waals surface area contributed by atoms with E-state index in [2.05, 4.69) is 62.6 Å². The third kappa shape index (κ3) is 9.92. The van der Waals surface area contributed by atoms with Crippen LogP contribution in [0.15, 0.2) is 35.9 Å². The second-order valence-corrected chi connectivity index (χ2v) is 18.0. The number of benzene rings is 1. The van der Waals surface area contributed by atoms with Crippen LogP contribution >= 0.6 is 0 Å². The molecule has 2 atom stereocenters. The Labute approximate surface area is 267 Å². The van der Waals surface area contributed by atoms with Gasteiger partial charge in [-0.3, -0.25) is 5.57 Å². The monoisotopic (exact) mass is 631 g/mol. The zero-order valence-corrected chi connectivity index (χ0v) is 28.8. The summed E-state index contributed by atoms with van der Waals surface area (Å²) < 4.78 is 12.1. The van der Waals surface area contributed by atoms with E-state index in [1.165, 1.54) is 18.4 Å². The van der Waals surface area contributed by atoms with Gasteiger partial charge in [0, 0.05) is 5.41 Å². The molecule has 0 amide bonds. The molecule has 1 heterocycles. The van der Waals surface area contributed by atoms with Crippen molar-refractivity contribution >= 4 is 13.8 Å². The molecular formula is C35H47NO2SiZr. The average molecular weight is 633 g/mol. The van der Waals surface area contributed by atoms with Crippen molar-refractivity contribution in [3.63, 3.8) is 0 Å². The normalized spacial score (nSPS) is 28.0. The van der Waals surface area contributed by atoms with E-state index in [1.807, 2.05) is 78.1 Å². The van der Waals surface area contributed by atoms with Gasteiger partial charge in [-0.05, 0) is 103 Å². The van der Waals surface area contributed by atoms with Crippen LogP contribution in [0.4, 0.5) is 5.69 Å². The van der Waals surface area contributed by atoms with E-state index in [9.17, 15) is 0 Å². The summed E-state index contributed by atoms with van der Waals surface area (Å²) in [7, 11) is -1.43. The summed E-state index contributed by atoms with van der Waals surface area (Å²) in [6.07, 6.45) is 24.7. The molecule has 4 aliphatic carbocycles. The first-order valence-corrected chi connectivity index (χ1v) is 18.0. The quantitative estimate of drug-likeness (QED) is 0.246. The van der Waals surface area contributed by atoms with Crippen molar-refractivity contribution in [3.05, 3.63) is 111 Å². The zero-order chi connectivity index (χ0) is 28.0. The average Bonchev–Trinajstić information content (AvgIpc) is 3.69. The molecule has 10 radical (unpaired) electrons. The zero-order valence-electron chi connectivity index (χ0n) is 25.3.